The Balaban J connectivity index is 1.65. The van der Waals surface area contributed by atoms with E-state index >= 15 is 0 Å². The SMILES string of the molecule is CCS(=O)(=O)N(C)CCCNC(=O)NCc1ccc2c(c1)CCC2. The summed E-state index contributed by atoms with van der Waals surface area (Å²) in [6.45, 7) is 2.97. The highest BCUT2D eigenvalue weighted by atomic mass is 32.2. The van der Waals surface area contributed by atoms with Gasteiger partial charge in [0, 0.05) is 26.7 Å². The number of sulfonamides is 1. The number of amides is 2. The van der Waals surface area contributed by atoms with Gasteiger partial charge in [0.2, 0.25) is 10.0 Å². The number of rotatable bonds is 8. The monoisotopic (exact) mass is 353 g/mol. The van der Waals surface area contributed by atoms with Crippen molar-refractivity contribution in [2.24, 2.45) is 0 Å². The first-order valence-electron chi connectivity index (χ1n) is 8.49. The van der Waals surface area contributed by atoms with Crippen LogP contribution in [0.4, 0.5) is 4.79 Å². The second-order valence-corrected chi connectivity index (χ2v) is 8.51. The van der Waals surface area contributed by atoms with Crippen LogP contribution in [0.2, 0.25) is 0 Å². The number of hydrogen-bond acceptors (Lipinski definition) is 3. The van der Waals surface area contributed by atoms with Gasteiger partial charge in [-0.25, -0.2) is 17.5 Å². The van der Waals surface area contributed by atoms with Crippen molar-refractivity contribution in [3.8, 4) is 0 Å². The number of aryl methyl sites for hydroxylation is 2. The Morgan fingerprint density at radius 3 is 2.71 bits per heavy atom. The number of hydrogen-bond donors (Lipinski definition) is 2. The van der Waals surface area contributed by atoms with Crippen molar-refractivity contribution in [3.63, 3.8) is 0 Å². The first-order valence-corrected chi connectivity index (χ1v) is 10.1. The molecule has 0 heterocycles. The molecule has 0 atom stereocenters. The molecule has 0 unspecified atom stereocenters. The summed E-state index contributed by atoms with van der Waals surface area (Å²) >= 11 is 0. The van der Waals surface area contributed by atoms with Crippen molar-refractivity contribution < 1.29 is 13.2 Å². The lowest BCUT2D eigenvalue weighted by Crippen LogP contribution is -2.37. The fraction of sp³-hybridized carbons (Fsp3) is 0.588. The van der Waals surface area contributed by atoms with E-state index in [4.69, 9.17) is 0 Å². The summed E-state index contributed by atoms with van der Waals surface area (Å²) in [7, 11) is -1.58. The second-order valence-electron chi connectivity index (χ2n) is 6.14. The van der Waals surface area contributed by atoms with Gasteiger partial charge in [0.25, 0.3) is 0 Å². The molecule has 0 aliphatic heterocycles. The van der Waals surface area contributed by atoms with Crippen molar-refractivity contribution in [1.29, 1.82) is 0 Å². The van der Waals surface area contributed by atoms with Crippen LogP contribution in [-0.2, 0) is 29.4 Å². The molecular formula is C17H27N3O3S. The Hall–Kier alpha value is -1.60. The summed E-state index contributed by atoms with van der Waals surface area (Å²) in [5.41, 5.74) is 3.93. The number of carbonyl (C=O) groups is 1. The van der Waals surface area contributed by atoms with Gasteiger partial charge < -0.3 is 10.6 Å². The normalized spacial score (nSPS) is 13.8. The predicted octanol–water partition coefficient (Wildman–Crippen LogP) is 1.65. The Bertz CT molecular complexity index is 674. The van der Waals surface area contributed by atoms with Gasteiger partial charge >= 0.3 is 6.03 Å². The third kappa shape index (κ3) is 5.21. The van der Waals surface area contributed by atoms with E-state index < -0.39 is 10.0 Å². The third-order valence-corrected chi connectivity index (χ3v) is 6.25. The molecule has 0 radical (unpaired) electrons. The summed E-state index contributed by atoms with van der Waals surface area (Å²) in [4.78, 5) is 11.8. The molecule has 2 rings (SSSR count). The first kappa shape index (κ1) is 18.7. The number of carbonyl (C=O) groups excluding carboxylic acids is 1. The third-order valence-electron chi connectivity index (χ3n) is 4.39. The molecule has 2 amide bonds. The highest BCUT2D eigenvalue weighted by Crippen LogP contribution is 2.22. The molecule has 6 nitrogen and oxygen atoms in total. The molecule has 7 heteroatoms. The molecule has 1 aromatic carbocycles. The Morgan fingerprint density at radius 1 is 1.21 bits per heavy atom. The van der Waals surface area contributed by atoms with Crippen molar-refractivity contribution in [2.75, 3.05) is 25.9 Å². The minimum atomic E-state index is -3.15. The zero-order valence-electron chi connectivity index (χ0n) is 14.5. The lowest BCUT2D eigenvalue weighted by atomic mass is 10.1. The first-order chi connectivity index (χ1) is 11.4. The van der Waals surface area contributed by atoms with Crippen LogP contribution in [0.5, 0.6) is 0 Å². The Labute approximate surface area is 144 Å². The van der Waals surface area contributed by atoms with Crippen LogP contribution in [0.3, 0.4) is 0 Å². The van der Waals surface area contributed by atoms with Crippen molar-refractivity contribution in [3.05, 3.63) is 34.9 Å². The Kier molecular flexibility index (Phi) is 6.62. The summed E-state index contributed by atoms with van der Waals surface area (Å²) < 4.78 is 24.5. The van der Waals surface area contributed by atoms with E-state index in [0.717, 1.165) is 18.4 Å². The van der Waals surface area contributed by atoms with Crippen molar-refractivity contribution in [1.82, 2.24) is 14.9 Å². The number of fused-ring (bicyclic) bond motifs is 1. The maximum Gasteiger partial charge on any atom is 0.315 e. The lowest BCUT2D eigenvalue weighted by Gasteiger charge is -2.16. The molecule has 1 aliphatic carbocycles. The van der Waals surface area contributed by atoms with Crippen LogP contribution >= 0.6 is 0 Å². The molecule has 0 saturated heterocycles. The van der Waals surface area contributed by atoms with Crippen LogP contribution in [0.1, 0.15) is 36.5 Å². The molecule has 1 aliphatic rings. The zero-order valence-corrected chi connectivity index (χ0v) is 15.3. The molecule has 0 fully saturated rings. The van der Waals surface area contributed by atoms with Gasteiger partial charge in [0.15, 0.2) is 0 Å². The van der Waals surface area contributed by atoms with E-state index in [2.05, 4.69) is 28.8 Å². The minimum Gasteiger partial charge on any atom is -0.338 e. The van der Waals surface area contributed by atoms with Crippen molar-refractivity contribution >= 4 is 16.1 Å². The highest BCUT2D eigenvalue weighted by Gasteiger charge is 2.14. The Morgan fingerprint density at radius 2 is 1.96 bits per heavy atom. The van der Waals surface area contributed by atoms with Gasteiger partial charge in [-0.2, -0.15) is 0 Å². The molecule has 134 valence electrons. The fourth-order valence-corrected chi connectivity index (χ4v) is 3.69. The minimum absolute atomic E-state index is 0.0954. The van der Waals surface area contributed by atoms with Crippen LogP contribution < -0.4 is 10.6 Å². The number of urea groups is 1. The van der Waals surface area contributed by atoms with Crippen LogP contribution in [0.15, 0.2) is 18.2 Å². The van der Waals surface area contributed by atoms with E-state index in [0.29, 0.717) is 26.1 Å². The van der Waals surface area contributed by atoms with Crippen LogP contribution in [0, 0.1) is 0 Å². The van der Waals surface area contributed by atoms with Crippen LogP contribution in [0.25, 0.3) is 0 Å². The van der Waals surface area contributed by atoms with E-state index in [1.54, 1.807) is 14.0 Å². The number of nitrogens with one attached hydrogen (secondary N) is 2. The summed E-state index contributed by atoms with van der Waals surface area (Å²) in [5.74, 6) is 0.0954. The standard InChI is InChI=1S/C17H27N3O3S/c1-3-24(22,23)20(2)11-5-10-18-17(21)19-13-14-8-9-15-6-4-7-16(15)12-14/h8-9,12H,3-7,10-11,13H2,1-2H3,(H2,18,19,21). The zero-order chi connectivity index (χ0) is 17.6. The largest absolute Gasteiger partial charge is 0.338 e. The van der Waals surface area contributed by atoms with E-state index in [9.17, 15) is 13.2 Å². The summed E-state index contributed by atoms with van der Waals surface area (Å²) in [6.07, 6.45) is 4.09. The molecule has 0 aromatic heterocycles. The molecule has 1 aromatic rings. The predicted molar refractivity (Wildman–Crippen MR) is 95.4 cm³/mol. The lowest BCUT2D eigenvalue weighted by molar-refractivity contribution is 0.240. The molecule has 2 N–H and O–H groups in total. The topological polar surface area (TPSA) is 78.5 Å². The molecule has 0 spiro atoms. The van der Waals surface area contributed by atoms with Crippen molar-refractivity contribution in [2.45, 2.75) is 39.2 Å². The summed E-state index contributed by atoms with van der Waals surface area (Å²) in [5, 5.41) is 5.60. The summed E-state index contributed by atoms with van der Waals surface area (Å²) in [6, 6.07) is 6.17. The maximum absolute atomic E-state index is 11.8. The average Bonchev–Trinajstić information content (AvgIpc) is 3.04. The fourth-order valence-electron chi connectivity index (χ4n) is 2.84. The van der Waals surface area contributed by atoms with Gasteiger partial charge in [-0.15, -0.1) is 0 Å². The smallest absolute Gasteiger partial charge is 0.315 e. The van der Waals surface area contributed by atoms with E-state index in [1.807, 2.05) is 0 Å². The van der Waals surface area contributed by atoms with Gasteiger partial charge in [-0.1, -0.05) is 18.2 Å². The second kappa shape index (κ2) is 8.48. The quantitative estimate of drug-likeness (QED) is 0.698. The van der Waals surface area contributed by atoms with E-state index in [-0.39, 0.29) is 11.8 Å². The number of benzene rings is 1. The van der Waals surface area contributed by atoms with Gasteiger partial charge in [0.1, 0.15) is 0 Å². The molecule has 0 bridgehead atoms. The van der Waals surface area contributed by atoms with Gasteiger partial charge in [-0.3, -0.25) is 0 Å². The average molecular weight is 353 g/mol. The number of nitrogens with zero attached hydrogens (tertiary/aromatic N) is 1. The van der Waals surface area contributed by atoms with Crippen LogP contribution in [-0.4, -0.2) is 44.6 Å². The molecular weight excluding hydrogens is 326 g/mol. The maximum atomic E-state index is 11.8. The molecule has 24 heavy (non-hydrogen) atoms. The molecule has 0 saturated carbocycles. The van der Waals surface area contributed by atoms with Gasteiger partial charge in [-0.05, 0) is 49.3 Å². The highest BCUT2D eigenvalue weighted by molar-refractivity contribution is 7.89. The van der Waals surface area contributed by atoms with Gasteiger partial charge in [0.05, 0.1) is 5.75 Å². The van der Waals surface area contributed by atoms with E-state index in [1.165, 1.54) is 21.9 Å².